The van der Waals surface area contributed by atoms with Crippen LogP contribution in [-0.4, -0.2) is 80.4 Å². The molecule has 2 aromatic rings. The van der Waals surface area contributed by atoms with Crippen LogP contribution in [0.2, 0.25) is 0 Å². The van der Waals surface area contributed by atoms with E-state index in [0.29, 0.717) is 30.6 Å². The number of hydrogen-bond acceptors (Lipinski definition) is 6. The molecule has 3 aliphatic rings. The van der Waals surface area contributed by atoms with Gasteiger partial charge in [-0.05, 0) is 94.2 Å². The van der Waals surface area contributed by atoms with Crippen LogP contribution in [0, 0.1) is 17.2 Å². The van der Waals surface area contributed by atoms with E-state index in [-0.39, 0.29) is 11.7 Å². The Bertz CT molecular complexity index is 1310. The predicted molar refractivity (Wildman–Crippen MR) is 166 cm³/mol. The lowest BCUT2D eigenvalue weighted by Gasteiger charge is -2.40. The summed E-state index contributed by atoms with van der Waals surface area (Å²) in [6, 6.07) is 14.5. The number of carbonyl (C=O) groups is 1. The molecule has 44 heavy (non-hydrogen) atoms. The van der Waals surface area contributed by atoms with Crippen molar-refractivity contribution in [1.82, 2.24) is 9.80 Å². The van der Waals surface area contributed by atoms with Gasteiger partial charge in [0.15, 0.2) is 0 Å². The molecule has 0 aromatic heterocycles. The Morgan fingerprint density at radius 1 is 0.841 bits per heavy atom. The molecule has 2 aromatic carbocycles. The first-order valence-corrected chi connectivity index (χ1v) is 15.8. The van der Waals surface area contributed by atoms with Gasteiger partial charge < -0.3 is 19.4 Å². The standard InChI is InChI=1S/C34H44F3N5O2/c1-33(2,3)44-32(43)42-14-10-25(11-15-42)24-39-18-20-41(21-19-39)29-7-4-26(5-8-29)27-12-16-40(17-13-27)30-9-6-28(23-38)31(22-30)34(35,36)37/h4-9,22,25,27H,10-21,24H2,1-3H3. The van der Waals surface area contributed by atoms with E-state index in [0.717, 1.165) is 77.6 Å². The first-order valence-electron chi connectivity index (χ1n) is 15.8. The molecule has 3 saturated heterocycles. The smallest absolute Gasteiger partial charge is 0.417 e. The molecule has 3 heterocycles. The van der Waals surface area contributed by atoms with E-state index in [9.17, 15) is 18.0 Å². The largest absolute Gasteiger partial charge is 0.444 e. The number of hydrogen-bond donors (Lipinski definition) is 0. The highest BCUT2D eigenvalue weighted by atomic mass is 19.4. The molecule has 0 N–H and O–H groups in total. The molecule has 10 heteroatoms. The summed E-state index contributed by atoms with van der Waals surface area (Å²) in [4.78, 5) is 21.2. The molecule has 3 fully saturated rings. The van der Waals surface area contributed by atoms with Crippen molar-refractivity contribution < 1.29 is 22.7 Å². The predicted octanol–water partition coefficient (Wildman–Crippen LogP) is 6.73. The highest BCUT2D eigenvalue weighted by Crippen LogP contribution is 2.37. The summed E-state index contributed by atoms with van der Waals surface area (Å²) >= 11 is 0. The quantitative estimate of drug-likeness (QED) is 0.374. The molecule has 0 aliphatic carbocycles. The highest BCUT2D eigenvalue weighted by molar-refractivity contribution is 5.68. The van der Waals surface area contributed by atoms with Gasteiger partial charge in [-0.3, -0.25) is 4.90 Å². The Balaban J connectivity index is 1.06. The lowest BCUT2D eigenvalue weighted by Crippen LogP contribution is -2.49. The fraction of sp³-hybridized carbons (Fsp3) is 0.588. The zero-order chi connectivity index (χ0) is 31.5. The second kappa shape index (κ2) is 13.3. The topological polar surface area (TPSA) is 63.1 Å². The van der Waals surface area contributed by atoms with Crippen molar-refractivity contribution in [2.45, 2.75) is 64.1 Å². The second-order valence-corrected chi connectivity index (χ2v) is 13.4. The number of nitriles is 1. The summed E-state index contributed by atoms with van der Waals surface area (Å²) in [5.41, 5.74) is 1.37. The molecule has 0 atom stereocenters. The van der Waals surface area contributed by atoms with Crippen molar-refractivity contribution in [3.05, 3.63) is 59.2 Å². The van der Waals surface area contributed by atoms with Crippen LogP contribution in [0.5, 0.6) is 0 Å². The van der Waals surface area contributed by atoms with E-state index >= 15 is 0 Å². The number of halogens is 3. The molecule has 238 valence electrons. The van der Waals surface area contributed by atoms with Crippen molar-refractivity contribution in [2.24, 2.45) is 5.92 Å². The van der Waals surface area contributed by atoms with Gasteiger partial charge in [-0.2, -0.15) is 18.4 Å². The van der Waals surface area contributed by atoms with Gasteiger partial charge in [-0.1, -0.05) is 12.1 Å². The van der Waals surface area contributed by atoms with Gasteiger partial charge in [0.2, 0.25) is 0 Å². The molecule has 5 rings (SSSR count). The summed E-state index contributed by atoms with van der Waals surface area (Å²) in [6.45, 7) is 13.7. The number of alkyl halides is 3. The van der Waals surface area contributed by atoms with E-state index in [4.69, 9.17) is 10.00 Å². The summed E-state index contributed by atoms with van der Waals surface area (Å²) < 4.78 is 45.8. The molecule has 0 radical (unpaired) electrons. The third-order valence-electron chi connectivity index (χ3n) is 9.17. The van der Waals surface area contributed by atoms with E-state index in [1.807, 2.05) is 30.6 Å². The van der Waals surface area contributed by atoms with Crippen molar-refractivity contribution >= 4 is 17.5 Å². The number of anilines is 2. The minimum absolute atomic E-state index is 0.202. The average Bonchev–Trinajstić information content (AvgIpc) is 3.00. The highest BCUT2D eigenvalue weighted by Gasteiger charge is 2.35. The summed E-state index contributed by atoms with van der Waals surface area (Å²) in [5, 5.41) is 9.08. The molecule has 0 unspecified atom stereocenters. The van der Waals surface area contributed by atoms with Crippen LogP contribution in [0.15, 0.2) is 42.5 Å². The zero-order valence-corrected chi connectivity index (χ0v) is 26.1. The number of carbonyl (C=O) groups excluding carboxylic acids is 1. The fourth-order valence-electron chi connectivity index (χ4n) is 6.67. The van der Waals surface area contributed by atoms with E-state index in [1.165, 1.54) is 17.3 Å². The zero-order valence-electron chi connectivity index (χ0n) is 26.1. The molecule has 0 bridgehead atoms. The van der Waals surface area contributed by atoms with Crippen LogP contribution < -0.4 is 9.80 Å². The molecular weight excluding hydrogens is 567 g/mol. The maximum atomic E-state index is 13.4. The van der Waals surface area contributed by atoms with E-state index < -0.39 is 17.3 Å². The Morgan fingerprint density at radius 2 is 1.43 bits per heavy atom. The van der Waals surface area contributed by atoms with Crippen LogP contribution in [-0.2, 0) is 10.9 Å². The SMILES string of the molecule is CC(C)(C)OC(=O)N1CCC(CN2CCN(c3ccc(C4CCN(c5ccc(C#N)c(C(F)(F)F)c5)CC4)cc3)CC2)CC1. The third kappa shape index (κ3) is 7.98. The maximum Gasteiger partial charge on any atom is 0.417 e. The van der Waals surface area contributed by atoms with E-state index in [2.05, 4.69) is 34.1 Å². The van der Waals surface area contributed by atoms with Crippen LogP contribution in [0.4, 0.5) is 29.3 Å². The molecule has 3 aliphatic heterocycles. The van der Waals surface area contributed by atoms with Gasteiger partial charge in [-0.15, -0.1) is 0 Å². The normalized spacial score (nSPS) is 19.6. The molecular formula is C34H44F3N5O2. The Morgan fingerprint density at radius 3 is 2.00 bits per heavy atom. The molecule has 0 spiro atoms. The number of ether oxygens (including phenoxy) is 1. The van der Waals surface area contributed by atoms with Crippen molar-refractivity contribution in [3.8, 4) is 6.07 Å². The van der Waals surface area contributed by atoms with Gasteiger partial charge in [0.25, 0.3) is 0 Å². The Hall–Kier alpha value is -3.45. The van der Waals surface area contributed by atoms with Gasteiger partial charge in [0, 0.05) is 70.3 Å². The first-order chi connectivity index (χ1) is 20.9. The number of nitrogens with zero attached hydrogens (tertiary/aromatic N) is 5. The summed E-state index contributed by atoms with van der Waals surface area (Å²) in [7, 11) is 0. The molecule has 0 saturated carbocycles. The molecule has 7 nitrogen and oxygen atoms in total. The number of rotatable bonds is 5. The van der Waals surface area contributed by atoms with Crippen molar-refractivity contribution in [1.29, 1.82) is 5.26 Å². The van der Waals surface area contributed by atoms with Gasteiger partial charge in [0.1, 0.15) is 5.60 Å². The number of benzene rings is 2. The summed E-state index contributed by atoms with van der Waals surface area (Å²) in [6.07, 6.45) is -0.973. The minimum Gasteiger partial charge on any atom is -0.444 e. The fourth-order valence-corrected chi connectivity index (χ4v) is 6.67. The number of piperidine rings is 2. The number of piperazine rings is 1. The Kier molecular flexibility index (Phi) is 9.64. The van der Waals surface area contributed by atoms with Crippen molar-refractivity contribution in [2.75, 3.05) is 68.7 Å². The second-order valence-electron chi connectivity index (χ2n) is 13.4. The number of amides is 1. The minimum atomic E-state index is -4.55. The average molecular weight is 612 g/mol. The first kappa shape index (κ1) is 32.0. The van der Waals surface area contributed by atoms with Crippen LogP contribution in [0.3, 0.4) is 0 Å². The van der Waals surface area contributed by atoms with E-state index in [1.54, 1.807) is 12.1 Å². The lowest BCUT2D eigenvalue weighted by atomic mass is 9.89. The van der Waals surface area contributed by atoms with Gasteiger partial charge in [0.05, 0.1) is 17.2 Å². The monoisotopic (exact) mass is 611 g/mol. The van der Waals surface area contributed by atoms with Crippen LogP contribution in [0.1, 0.15) is 69.1 Å². The number of likely N-dealkylation sites (tertiary alicyclic amines) is 1. The van der Waals surface area contributed by atoms with Gasteiger partial charge >= 0.3 is 12.3 Å². The maximum absolute atomic E-state index is 13.4. The van der Waals surface area contributed by atoms with Gasteiger partial charge in [-0.25, -0.2) is 4.79 Å². The molecule has 1 amide bonds. The Labute approximate surface area is 259 Å². The lowest BCUT2D eigenvalue weighted by molar-refractivity contribution is -0.137. The third-order valence-corrected chi connectivity index (χ3v) is 9.17. The van der Waals surface area contributed by atoms with Crippen molar-refractivity contribution in [3.63, 3.8) is 0 Å². The van der Waals surface area contributed by atoms with Crippen LogP contribution >= 0.6 is 0 Å². The summed E-state index contributed by atoms with van der Waals surface area (Å²) in [5.74, 6) is 0.980. The van der Waals surface area contributed by atoms with Crippen LogP contribution in [0.25, 0.3) is 0 Å².